The number of carbonyl (C=O) groups excluding carboxylic acids is 1. The predicted octanol–water partition coefficient (Wildman–Crippen LogP) is 3.89. The summed E-state index contributed by atoms with van der Waals surface area (Å²) >= 11 is 1.11. The Kier molecular flexibility index (Phi) is 7.81. The molecule has 216 valence electrons. The van der Waals surface area contributed by atoms with Crippen LogP contribution < -0.4 is 29.1 Å². The number of rotatable bonds is 8. The van der Waals surface area contributed by atoms with Crippen LogP contribution in [0.2, 0.25) is 0 Å². The number of hydrogen-bond acceptors (Lipinski definition) is 10. The van der Waals surface area contributed by atoms with Crippen molar-refractivity contribution in [2.75, 3.05) is 27.9 Å². The maximum Gasteiger partial charge on any atom is 0.338 e. The Labute approximate surface area is 243 Å². The van der Waals surface area contributed by atoms with E-state index in [1.54, 1.807) is 39.2 Å². The summed E-state index contributed by atoms with van der Waals surface area (Å²) < 4.78 is 23.5. The van der Waals surface area contributed by atoms with Crippen molar-refractivity contribution in [3.63, 3.8) is 0 Å². The van der Waals surface area contributed by atoms with E-state index in [1.807, 2.05) is 24.3 Å². The molecule has 4 aromatic rings. The molecule has 1 aliphatic heterocycles. The predicted molar refractivity (Wildman–Crippen MR) is 157 cm³/mol. The first kappa shape index (κ1) is 28.6. The van der Waals surface area contributed by atoms with Gasteiger partial charge in [0.15, 0.2) is 10.6 Å². The van der Waals surface area contributed by atoms with Gasteiger partial charge in [-0.2, -0.15) is 0 Å². The summed E-state index contributed by atoms with van der Waals surface area (Å²) in [4.78, 5) is 43.6. The summed E-state index contributed by atoms with van der Waals surface area (Å²) in [5, 5.41) is 13.1. The quantitative estimate of drug-likeness (QED) is 0.172. The molecule has 12 heteroatoms. The van der Waals surface area contributed by atoms with Crippen LogP contribution in [0.5, 0.6) is 17.2 Å². The van der Waals surface area contributed by atoms with Gasteiger partial charge in [-0.15, -0.1) is 0 Å². The number of methoxy groups -OCH3 is 3. The number of thiazole rings is 1. The molecule has 42 heavy (non-hydrogen) atoms. The van der Waals surface area contributed by atoms with Crippen LogP contribution in [0.25, 0.3) is 16.8 Å². The molecule has 0 N–H and O–H groups in total. The number of benzene rings is 3. The zero-order valence-corrected chi connectivity index (χ0v) is 24.3. The first-order valence-electron chi connectivity index (χ1n) is 12.9. The summed E-state index contributed by atoms with van der Waals surface area (Å²) in [6.07, 6.45) is 1.56. The number of ether oxygens (including phenoxy) is 4. The fourth-order valence-electron chi connectivity index (χ4n) is 5.04. The van der Waals surface area contributed by atoms with Crippen molar-refractivity contribution >= 4 is 39.8 Å². The average molecular weight is 590 g/mol. The van der Waals surface area contributed by atoms with E-state index in [4.69, 9.17) is 18.9 Å². The van der Waals surface area contributed by atoms with Crippen molar-refractivity contribution in [1.82, 2.24) is 4.57 Å². The van der Waals surface area contributed by atoms with E-state index in [0.717, 1.165) is 22.1 Å². The zero-order chi connectivity index (χ0) is 30.1. The lowest BCUT2D eigenvalue weighted by atomic mass is 9.90. The molecule has 1 unspecified atom stereocenters. The highest BCUT2D eigenvalue weighted by molar-refractivity contribution is 7.07. The van der Waals surface area contributed by atoms with E-state index < -0.39 is 22.5 Å². The average Bonchev–Trinajstić information content (AvgIpc) is 3.29. The van der Waals surface area contributed by atoms with Crippen LogP contribution in [0, 0.1) is 10.1 Å². The van der Waals surface area contributed by atoms with Crippen molar-refractivity contribution in [1.29, 1.82) is 0 Å². The van der Waals surface area contributed by atoms with E-state index in [9.17, 15) is 19.7 Å². The first-order valence-corrected chi connectivity index (χ1v) is 13.7. The Balaban J connectivity index is 1.83. The minimum atomic E-state index is -0.946. The van der Waals surface area contributed by atoms with Gasteiger partial charge in [-0.1, -0.05) is 29.5 Å². The number of carbonyl (C=O) groups is 1. The lowest BCUT2D eigenvalue weighted by Gasteiger charge is -2.27. The van der Waals surface area contributed by atoms with Gasteiger partial charge in [-0.3, -0.25) is 19.5 Å². The molecule has 0 amide bonds. The van der Waals surface area contributed by atoms with Gasteiger partial charge < -0.3 is 18.9 Å². The van der Waals surface area contributed by atoms with Gasteiger partial charge in [0, 0.05) is 11.6 Å². The molecule has 1 aliphatic rings. The molecular formula is C30H27N3O8S. The number of nitro benzene ring substituents is 1. The molecule has 0 aliphatic carbocycles. The third kappa shape index (κ3) is 4.90. The lowest BCUT2D eigenvalue weighted by molar-refractivity contribution is -0.385. The molecule has 1 atom stereocenters. The van der Waals surface area contributed by atoms with E-state index in [2.05, 4.69) is 4.99 Å². The number of nitro groups is 1. The Hall–Kier alpha value is -4.97. The van der Waals surface area contributed by atoms with Crippen LogP contribution in [-0.4, -0.2) is 43.4 Å². The molecule has 0 radical (unpaired) electrons. The first-order chi connectivity index (χ1) is 20.2. The molecule has 0 fully saturated rings. The van der Waals surface area contributed by atoms with Crippen molar-refractivity contribution < 1.29 is 28.7 Å². The van der Waals surface area contributed by atoms with Crippen LogP contribution in [0.4, 0.5) is 5.69 Å². The van der Waals surface area contributed by atoms with E-state index >= 15 is 0 Å². The SMILES string of the molecule is CCOC(=O)C1=C(C)N=c2s/c(=C\c3ccc(OC)c([N+](=O)[O-])c3)c(=O)n2C1c1c(OC)ccc2ccc(OC)cc12. The largest absolute Gasteiger partial charge is 0.497 e. The molecule has 0 saturated carbocycles. The molecule has 5 rings (SSSR count). The monoisotopic (exact) mass is 589 g/mol. The molecule has 0 bridgehead atoms. The minimum Gasteiger partial charge on any atom is -0.497 e. The summed E-state index contributed by atoms with van der Waals surface area (Å²) in [6.45, 7) is 3.53. The van der Waals surface area contributed by atoms with Crippen molar-refractivity contribution in [2.45, 2.75) is 19.9 Å². The molecule has 2 heterocycles. The van der Waals surface area contributed by atoms with Gasteiger partial charge in [0.2, 0.25) is 0 Å². The number of allylic oxidation sites excluding steroid dienone is 1. The van der Waals surface area contributed by atoms with E-state index in [0.29, 0.717) is 33.1 Å². The second-order valence-corrected chi connectivity index (χ2v) is 10.3. The molecule has 11 nitrogen and oxygen atoms in total. The summed E-state index contributed by atoms with van der Waals surface area (Å²) in [6, 6.07) is 12.7. The third-order valence-electron chi connectivity index (χ3n) is 6.94. The smallest absolute Gasteiger partial charge is 0.338 e. The van der Waals surface area contributed by atoms with Crippen molar-refractivity contribution in [2.24, 2.45) is 4.99 Å². The molecular weight excluding hydrogens is 562 g/mol. The normalized spacial score (nSPS) is 14.8. The highest BCUT2D eigenvalue weighted by Crippen LogP contribution is 2.41. The highest BCUT2D eigenvalue weighted by atomic mass is 32.1. The summed E-state index contributed by atoms with van der Waals surface area (Å²) in [5.41, 5.74) is 0.931. The van der Waals surface area contributed by atoms with E-state index in [1.165, 1.54) is 30.9 Å². The van der Waals surface area contributed by atoms with Crippen molar-refractivity contribution in [3.8, 4) is 17.2 Å². The van der Waals surface area contributed by atoms with Gasteiger partial charge in [-0.05, 0) is 60.5 Å². The number of nitrogens with zero attached hydrogens (tertiary/aromatic N) is 3. The van der Waals surface area contributed by atoms with Gasteiger partial charge in [0.25, 0.3) is 5.56 Å². The van der Waals surface area contributed by atoms with Crippen LogP contribution in [0.1, 0.15) is 31.0 Å². The fourth-order valence-corrected chi connectivity index (χ4v) is 6.09. The minimum absolute atomic E-state index is 0.104. The Bertz CT molecular complexity index is 1950. The number of aromatic nitrogens is 1. The lowest BCUT2D eigenvalue weighted by Crippen LogP contribution is -2.40. The third-order valence-corrected chi connectivity index (χ3v) is 7.92. The van der Waals surface area contributed by atoms with Crippen molar-refractivity contribution in [3.05, 3.63) is 101 Å². The second-order valence-electron chi connectivity index (χ2n) is 9.26. The molecule has 1 aromatic heterocycles. The Morgan fingerprint density at radius 1 is 1.07 bits per heavy atom. The highest BCUT2D eigenvalue weighted by Gasteiger charge is 2.36. The maximum atomic E-state index is 14.1. The van der Waals surface area contributed by atoms with Crippen LogP contribution in [0.3, 0.4) is 0 Å². The molecule has 0 spiro atoms. The standard InChI is InChI=1S/C30H27N3O8S/c1-6-41-29(35)25-16(2)31-30-32(27(25)26-20-15-19(38-3)10-8-18(20)9-12-23(26)40-5)28(34)24(42-30)14-17-7-11-22(39-4)21(13-17)33(36)37/h7-15,27H,6H2,1-5H3/b24-14-. The summed E-state index contributed by atoms with van der Waals surface area (Å²) in [7, 11) is 4.42. The fraction of sp³-hybridized carbons (Fsp3) is 0.233. The number of fused-ring (bicyclic) bond motifs is 2. The zero-order valence-electron chi connectivity index (χ0n) is 23.5. The van der Waals surface area contributed by atoms with Gasteiger partial charge in [0.05, 0.1) is 48.7 Å². The Morgan fingerprint density at radius 3 is 2.45 bits per heavy atom. The number of esters is 1. The van der Waals surface area contributed by atoms with Gasteiger partial charge in [-0.25, -0.2) is 9.79 Å². The van der Waals surface area contributed by atoms with E-state index in [-0.39, 0.29) is 28.1 Å². The summed E-state index contributed by atoms with van der Waals surface area (Å²) in [5.74, 6) is 0.541. The topological polar surface area (TPSA) is 131 Å². The number of hydrogen-bond donors (Lipinski definition) is 0. The van der Waals surface area contributed by atoms with Crippen LogP contribution >= 0.6 is 11.3 Å². The molecule has 3 aromatic carbocycles. The second kappa shape index (κ2) is 11.5. The van der Waals surface area contributed by atoms with Crippen LogP contribution in [0.15, 0.2) is 69.6 Å². The Morgan fingerprint density at radius 2 is 1.79 bits per heavy atom. The van der Waals surface area contributed by atoms with Gasteiger partial charge in [0.1, 0.15) is 17.5 Å². The molecule has 0 saturated heterocycles. The van der Waals surface area contributed by atoms with Crippen LogP contribution in [-0.2, 0) is 9.53 Å². The maximum absolute atomic E-state index is 14.1. The van der Waals surface area contributed by atoms with Gasteiger partial charge >= 0.3 is 11.7 Å².